The Morgan fingerprint density at radius 2 is 2.11 bits per heavy atom. The van der Waals surface area contributed by atoms with Crippen molar-refractivity contribution in [1.29, 1.82) is 0 Å². The van der Waals surface area contributed by atoms with Crippen molar-refractivity contribution >= 4 is 5.96 Å². The number of hydrogen-bond donors (Lipinski definition) is 3. The van der Waals surface area contributed by atoms with Gasteiger partial charge < -0.3 is 14.8 Å². The first-order valence-electron chi connectivity index (χ1n) is 6.20. The average molecular weight is 266 g/mol. The smallest absolute Gasteiger partial charge is 0.206 e. The van der Waals surface area contributed by atoms with Crippen molar-refractivity contribution in [2.45, 2.75) is 13.0 Å². The molecular formula is C13H22N4O2. The first-order chi connectivity index (χ1) is 9.26. The van der Waals surface area contributed by atoms with E-state index >= 15 is 0 Å². The molecule has 0 amide bonds. The third-order valence-electron chi connectivity index (χ3n) is 2.31. The largest absolute Gasteiger partial charge is 0.492 e. The monoisotopic (exact) mass is 266 g/mol. The van der Waals surface area contributed by atoms with Gasteiger partial charge in [0, 0.05) is 13.2 Å². The highest BCUT2D eigenvalue weighted by atomic mass is 16.5. The third-order valence-corrected chi connectivity index (χ3v) is 2.31. The van der Waals surface area contributed by atoms with Crippen LogP contribution in [0.15, 0.2) is 35.3 Å². The van der Waals surface area contributed by atoms with Gasteiger partial charge in [0.1, 0.15) is 12.4 Å². The molecule has 1 unspecified atom stereocenters. The Kier molecular flexibility index (Phi) is 7.38. The lowest BCUT2D eigenvalue weighted by molar-refractivity contribution is 0.179. The highest BCUT2D eigenvalue weighted by Crippen LogP contribution is 2.07. The van der Waals surface area contributed by atoms with E-state index in [9.17, 15) is 0 Å². The molecule has 1 atom stereocenters. The summed E-state index contributed by atoms with van der Waals surface area (Å²) in [5.41, 5.74) is 2.52. The molecule has 0 heterocycles. The van der Waals surface area contributed by atoms with Crippen LogP contribution in [0.4, 0.5) is 0 Å². The van der Waals surface area contributed by atoms with Gasteiger partial charge in [-0.15, -0.1) is 0 Å². The maximum atomic E-state index is 5.53. The number of guanidine groups is 1. The van der Waals surface area contributed by atoms with Gasteiger partial charge in [-0.1, -0.05) is 18.2 Å². The number of hydrazine groups is 1. The van der Waals surface area contributed by atoms with Crippen LogP contribution in [-0.4, -0.2) is 38.9 Å². The van der Waals surface area contributed by atoms with E-state index in [1.165, 1.54) is 0 Å². The number of methoxy groups -OCH3 is 1. The Bertz CT molecular complexity index is 370. The van der Waals surface area contributed by atoms with Crippen molar-refractivity contribution in [3.8, 4) is 5.75 Å². The van der Waals surface area contributed by atoms with Crippen LogP contribution in [0.25, 0.3) is 0 Å². The fourth-order valence-electron chi connectivity index (χ4n) is 1.50. The third kappa shape index (κ3) is 6.64. The highest BCUT2D eigenvalue weighted by molar-refractivity contribution is 5.79. The number of hydrogen-bond acceptors (Lipinski definition) is 4. The summed E-state index contributed by atoms with van der Waals surface area (Å²) in [6.45, 7) is 3.58. The maximum absolute atomic E-state index is 5.53. The van der Waals surface area contributed by atoms with Gasteiger partial charge in [-0.05, 0) is 19.1 Å². The number of aliphatic imine (C=N–C) groups is 1. The number of rotatable bonds is 7. The number of nitrogens with zero attached hydrogens (tertiary/aromatic N) is 1. The second kappa shape index (κ2) is 9.18. The number of nitrogens with one attached hydrogen (secondary N) is 2. The predicted octanol–water partition coefficient (Wildman–Crippen LogP) is 0.509. The van der Waals surface area contributed by atoms with E-state index in [2.05, 4.69) is 15.7 Å². The van der Waals surface area contributed by atoms with Crippen LogP contribution < -0.4 is 21.3 Å². The fraction of sp³-hybridized carbons (Fsp3) is 0.462. The summed E-state index contributed by atoms with van der Waals surface area (Å²) >= 11 is 0. The van der Waals surface area contributed by atoms with Crippen LogP contribution in [0, 0.1) is 0 Å². The Hall–Kier alpha value is -1.79. The van der Waals surface area contributed by atoms with Gasteiger partial charge >= 0.3 is 0 Å². The van der Waals surface area contributed by atoms with E-state index in [4.69, 9.17) is 15.3 Å². The van der Waals surface area contributed by atoms with E-state index in [0.717, 1.165) is 5.75 Å². The minimum absolute atomic E-state index is 0.134. The van der Waals surface area contributed by atoms with Crippen molar-refractivity contribution in [2.24, 2.45) is 10.8 Å². The zero-order chi connectivity index (χ0) is 13.9. The summed E-state index contributed by atoms with van der Waals surface area (Å²) in [5.74, 6) is 6.75. The Labute approximate surface area is 114 Å². The lowest BCUT2D eigenvalue weighted by atomic mass is 10.3. The number of benzene rings is 1. The zero-order valence-corrected chi connectivity index (χ0v) is 11.4. The molecule has 0 aliphatic rings. The number of ether oxygens (including phenoxy) is 2. The van der Waals surface area contributed by atoms with Crippen molar-refractivity contribution in [1.82, 2.24) is 10.7 Å². The molecule has 0 spiro atoms. The standard InChI is InChI=1S/C13H22N4O2/c1-11(10-18-2)16-13(17-14)15-8-9-19-12-6-4-3-5-7-12/h3-7,11H,8-10,14H2,1-2H3,(H2,15,16,17). The summed E-state index contributed by atoms with van der Waals surface area (Å²) in [4.78, 5) is 4.27. The molecule has 0 fully saturated rings. The van der Waals surface area contributed by atoms with Crippen molar-refractivity contribution in [3.05, 3.63) is 30.3 Å². The molecule has 0 aliphatic carbocycles. The van der Waals surface area contributed by atoms with Gasteiger partial charge in [-0.25, -0.2) is 10.8 Å². The molecule has 4 N–H and O–H groups in total. The van der Waals surface area contributed by atoms with Crippen LogP contribution >= 0.6 is 0 Å². The molecule has 1 aromatic rings. The summed E-state index contributed by atoms with van der Waals surface area (Å²) in [6.07, 6.45) is 0. The van der Waals surface area contributed by atoms with Gasteiger partial charge in [0.15, 0.2) is 0 Å². The minimum atomic E-state index is 0.134. The van der Waals surface area contributed by atoms with E-state index in [1.807, 2.05) is 37.3 Å². The van der Waals surface area contributed by atoms with Gasteiger partial charge in [0.25, 0.3) is 0 Å². The zero-order valence-electron chi connectivity index (χ0n) is 11.4. The normalized spacial score (nSPS) is 12.9. The molecule has 0 aromatic heterocycles. The Morgan fingerprint density at radius 3 is 2.74 bits per heavy atom. The molecule has 0 aliphatic heterocycles. The van der Waals surface area contributed by atoms with Crippen LogP contribution in [0.3, 0.4) is 0 Å². The molecule has 0 bridgehead atoms. The molecule has 6 heteroatoms. The predicted molar refractivity (Wildman–Crippen MR) is 76.0 cm³/mol. The fourth-order valence-corrected chi connectivity index (χ4v) is 1.50. The molecule has 0 saturated carbocycles. The average Bonchev–Trinajstić information content (AvgIpc) is 2.43. The summed E-state index contributed by atoms with van der Waals surface area (Å²) < 4.78 is 10.5. The maximum Gasteiger partial charge on any atom is 0.206 e. The van der Waals surface area contributed by atoms with Crippen molar-refractivity contribution in [3.63, 3.8) is 0 Å². The van der Waals surface area contributed by atoms with Crippen LogP contribution in [0.1, 0.15) is 6.92 Å². The molecule has 106 valence electrons. The lowest BCUT2D eigenvalue weighted by Crippen LogP contribution is -2.47. The van der Waals surface area contributed by atoms with Crippen LogP contribution in [-0.2, 0) is 4.74 Å². The number of para-hydroxylation sites is 1. The molecule has 1 aromatic carbocycles. The summed E-state index contributed by atoms with van der Waals surface area (Å²) in [5, 5.41) is 3.10. The van der Waals surface area contributed by atoms with E-state index < -0.39 is 0 Å². The van der Waals surface area contributed by atoms with Gasteiger partial charge in [0.05, 0.1) is 13.2 Å². The SMILES string of the molecule is COCC(C)NC(=NCCOc1ccccc1)NN. The molecule has 19 heavy (non-hydrogen) atoms. The second-order valence-electron chi connectivity index (χ2n) is 4.04. The molecule has 0 saturated heterocycles. The van der Waals surface area contributed by atoms with Gasteiger partial charge in [-0.2, -0.15) is 0 Å². The summed E-state index contributed by atoms with van der Waals surface area (Å²) in [7, 11) is 1.65. The van der Waals surface area contributed by atoms with Crippen molar-refractivity contribution in [2.75, 3.05) is 26.9 Å². The van der Waals surface area contributed by atoms with Gasteiger partial charge in [0.2, 0.25) is 5.96 Å². The van der Waals surface area contributed by atoms with E-state index in [0.29, 0.717) is 25.7 Å². The summed E-state index contributed by atoms with van der Waals surface area (Å²) in [6, 6.07) is 9.76. The van der Waals surface area contributed by atoms with Crippen LogP contribution in [0.5, 0.6) is 5.75 Å². The van der Waals surface area contributed by atoms with Crippen LogP contribution in [0.2, 0.25) is 0 Å². The molecule has 6 nitrogen and oxygen atoms in total. The first kappa shape index (κ1) is 15.3. The first-order valence-corrected chi connectivity index (χ1v) is 6.20. The quantitative estimate of drug-likeness (QED) is 0.220. The second-order valence-corrected chi connectivity index (χ2v) is 4.04. The van der Waals surface area contributed by atoms with E-state index in [1.54, 1.807) is 7.11 Å². The lowest BCUT2D eigenvalue weighted by Gasteiger charge is -2.15. The topological polar surface area (TPSA) is 80.9 Å². The molecular weight excluding hydrogens is 244 g/mol. The number of nitrogens with two attached hydrogens (primary N) is 1. The molecule has 0 radical (unpaired) electrons. The molecule has 1 rings (SSSR count). The van der Waals surface area contributed by atoms with Gasteiger partial charge in [-0.3, -0.25) is 5.43 Å². The Morgan fingerprint density at radius 1 is 1.37 bits per heavy atom. The van der Waals surface area contributed by atoms with Crippen molar-refractivity contribution < 1.29 is 9.47 Å². The minimum Gasteiger partial charge on any atom is -0.492 e. The highest BCUT2D eigenvalue weighted by Gasteiger charge is 2.03. The van der Waals surface area contributed by atoms with E-state index in [-0.39, 0.29) is 6.04 Å². The Balaban J connectivity index is 2.29.